The zero-order valence-corrected chi connectivity index (χ0v) is 12.5. The molecule has 1 saturated heterocycles. The minimum absolute atomic E-state index is 0.183. The van der Waals surface area contributed by atoms with E-state index in [1.54, 1.807) is 0 Å². The summed E-state index contributed by atoms with van der Waals surface area (Å²) in [5.41, 5.74) is -0.183. The predicted octanol–water partition coefficient (Wildman–Crippen LogP) is 2.90. The molecule has 0 aromatic rings. The number of hydrogen-bond donors (Lipinski definition) is 1. The Morgan fingerprint density at radius 2 is 1.84 bits per heavy atom. The first-order valence-corrected chi connectivity index (χ1v) is 8.21. The van der Waals surface area contributed by atoms with Crippen LogP contribution in [-0.2, 0) is 4.79 Å². The average Bonchev–Trinajstić information content (AvgIpc) is 2.94. The van der Waals surface area contributed by atoms with Crippen molar-refractivity contribution in [3.63, 3.8) is 0 Å². The fraction of sp³-hybridized carbons (Fsp3) is 0.938. The van der Waals surface area contributed by atoms with Gasteiger partial charge in [-0.1, -0.05) is 39.0 Å². The van der Waals surface area contributed by atoms with Crippen LogP contribution in [0.25, 0.3) is 0 Å². The highest BCUT2D eigenvalue weighted by atomic mass is 16.2. The molecule has 1 spiro atoms. The first-order chi connectivity index (χ1) is 9.12. The van der Waals surface area contributed by atoms with Crippen molar-refractivity contribution in [2.75, 3.05) is 6.54 Å². The van der Waals surface area contributed by atoms with Crippen LogP contribution in [-0.4, -0.2) is 29.1 Å². The quantitative estimate of drug-likeness (QED) is 0.831. The van der Waals surface area contributed by atoms with Crippen LogP contribution in [0.15, 0.2) is 0 Å². The highest BCUT2D eigenvalue weighted by molar-refractivity contribution is 5.89. The Hall–Kier alpha value is -0.570. The summed E-state index contributed by atoms with van der Waals surface area (Å²) >= 11 is 0. The fourth-order valence-corrected chi connectivity index (χ4v) is 4.49. The molecule has 1 N–H and O–H groups in total. The maximum absolute atomic E-state index is 12.8. The smallest absolute Gasteiger partial charge is 0.244 e. The number of amides is 1. The third-order valence-corrected chi connectivity index (χ3v) is 5.80. The van der Waals surface area contributed by atoms with Gasteiger partial charge < -0.3 is 4.90 Å². The molecule has 108 valence electrons. The van der Waals surface area contributed by atoms with E-state index in [2.05, 4.69) is 24.1 Å². The van der Waals surface area contributed by atoms with E-state index in [9.17, 15) is 4.79 Å². The van der Waals surface area contributed by atoms with Gasteiger partial charge in [0.15, 0.2) is 0 Å². The van der Waals surface area contributed by atoms with Crippen LogP contribution in [0.1, 0.15) is 65.2 Å². The molecule has 3 nitrogen and oxygen atoms in total. The standard InChI is InChI=1S/C16H28N2O/c1-12-7-3-4-8-14(12)11-18-13(2)17-16(15(18)19)9-5-6-10-16/h12-14,17H,3-11H2,1-2H3. The minimum Gasteiger partial charge on any atom is -0.326 e. The molecule has 3 rings (SSSR count). The van der Waals surface area contributed by atoms with Crippen molar-refractivity contribution in [3.8, 4) is 0 Å². The lowest BCUT2D eigenvalue weighted by molar-refractivity contribution is -0.134. The molecule has 2 saturated carbocycles. The summed E-state index contributed by atoms with van der Waals surface area (Å²) in [5.74, 6) is 1.91. The summed E-state index contributed by atoms with van der Waals surface area (Å²) < 4.78 is 0. The van der Waals surface area contributed by atoms with E-state index in [0.29, 0.717) is 5.91 Å². The second-order valence-corrected chi connectivity index (χ2v) is 7.09. The maximum atomic E-state index is 12.8. The van der Waals surface area contributed by atoms with E-state index >= 15 is 0 Å². The Morgan fingerprint density at radius 3 is 2.53 bits per heavy atom. The molecule has 3 fully saturated rings. The number of nitrogens with one attached hydrogen (secondary N) is 1. The van der Waals surface area contributed by atoms with Crippen molar-refractivity contribution >= 4 is 5.91 Å². The van der Waals surface area contributed by atoms with E-state index < -0.39 is 0 Å². The Bertz CT molecular complexity index is 349. The van der Waals surface area contributed by atoms with Gasteiger partial charge in [-0.3, -0.25) is 10.1 Å². The van der Waals surface area contributed by atoms with Crippen LogP contribution in [0, 0.1) is 11.8 Å². The largest absolute Gasteiger partial charge is 0.326 e. The van der Waals surface area contributed by atoms with Crippen LogP contribution in [0.5, 0.6) is 0 Å². The molecule has 1 amide bonds. The Labute approximate surface area is 117 Å². The molecule has 0 radical (unpaired) electrons. The number of rotatable bonds is 2. The summed E-state index contributed by atoms with van der Waals surface area (Å²) in [6.45, 7) is 5.52. The fourth-order valence-electron chi connectivity index (χ4n) is 4.49. The van der Waals surface area contributed by atoms with Crippen LogP contribution in [0.2, 0.25) is 0 Å². The highest BCUT2D eigenvalue weighted by Gasteiger charge is 2.51. The Morgan fingerprint density at radius 1 is 1.16 bits per heavy atom. The maximum Gasteiger partial charge on any atom is 0.244 e. The molecule has 0 bridgehead atoms. The van der Waals surface area contributed by atoms with E-state index in [0.717, 1.165) is 31.2 Å². The molecule has 1 aliphatic heterocycles. The van der Waals surface area contributed by atoms with Crippen LogP contribution in [0.4, 0.5) is 0 Å². The van der Waals surface area contributed by atoms with E-state index in [1.165, 1.54) is 38.5 Å². The van der Waals surface area contributed by atoms with Gasteiger partial charge in [0, 0.05) is 6.54 Å². The number of hydrogen-bond acceptors (Lipinski definition) is 2. The summed E-state index contributed by atoms with van der Waals surface area (Å²) in [6.07, 6.45) is 10.1. The number of nitrogens with zero attached hydrogens (tertiary/aromatic N) is 1. The molecule has 3 aliphatic rings. The first kappa shape index (κ1) is 13.4. The van der Waals surface area contributed by atoms with Crippen LogP contribution in [0.3, 0.4) is 0 Å². The second-order valence-electron chi connectivity index (χ2n) is 7.09. The second kappa shape index (κ2) is 5.08. The van der Waals surface area contributed by atoms with Crippen molar-refractivity contribution in [2.24, 2.45) is 11.8 Å². The molecule has 2 aliphatic carbocycles. The lowest BCUT2D eigenvalue weighted by atomic mass is 9.80. The van der Waals surface area contributed by atoms with Crippen molar-refractivity contribution < 1.29 is 4.79 Å². The van der Waals surface area contributed by atoms with E-state index in [4.69, 9.17) is 0 Å². The monoisotopic (exact) mass is 264 g/mol. The van der Waals surface area contributed by atoms with Gasteiger partial charge in [-0.05, 0) is 38.0 Å². The third-order valence-electron chi connectivity index (χ3n) is 5.80. The molecule has 1 heterocycles. The van der Waals surface area contributed by atoms with Gasteiger partial charge in [0.2, 0.25) is 5.91 Å². The van der Waals surface area contributed by atoms with Crippen molar-refractivity contribution in [3.05, 3.63) is 0 Å². The molecule has 3 atom stereocenters. The highest BCUT2D eigenvalue weighted by Crippen LogP contribution is 2.38. The lowest BCUT2D eigenvalue weighted by Crippen LogP contribution is -2.44. The summed E-state index contributed by atoms with van der Waals surface area (Å²) in [7, 11) is 0. The van der Waals surface area contributed by atoms with Gasteiger partial charge in [-0.15, -0.1) is 0 Å². The molecule has 0 aromatic heterocycles. The number of carbonyl (C=O) groups is 1. The normalized spacial score (nSPS) is 38.3. The van der Waals surface area contributed by atoms with Gasteiger partial charge in [0.25, 0.3) is 0 Å². The Kier molecular flexibility index (Phi) is 3.59. The Balaban J connectivity index is 1.69. The molecular formula is C16H28N2O. The van der Waals surface area contributed by atoms with Crippen LogP contribution < -0.4 is 5.32 Å². The SMILES string of the molecule is CC1CCCCC1CN1C(=O)C2(CCCC2)NC1C. The summed E-state index contributed by atoms with van der Waals surface area (Å²) in [5, 5.41) is 3.61. The van der Waals surface area contributed by atoms with Gasteiger partial charge in [0.05, 0.1) is 11.7 Å². The summed E-state index contributed by atoms with van der Waals surface area (Å²) in [4.78, 5) is 14.9. The first-order valence-electron chi connectivity index (χ1n) is 8.21. The van der Waals surface area contributed by atoms with Gasteiger partial charge in [0.1, 0.15) is 0 Å². The van der Waals surface area contributed by atoms with Crippen molar-refractivity contribution in [1.82, 2.24) is 10.2 Å². The van der Waals surface area contributed by atoms with Gasteiger partial charge in [-0.2, -0.15) is 0 Å². The molecule has 3 unspecified atom stereocenters. The van der Waals surface area contributed by atoms with E-state index in [1.807, 2.05) is 0 Å². The summed E-state index contributed by atoms with van der Waals surface area (Å²) in [6, 6.07) is 0. The van der Waals surface area contributed by atoms with Crippen molar-refractivity contribution in [1.29, 1.82) is 0 Å². The average molecular weight is 264 g/mol. The molecule has 3 heteroatoms. The van der Waals surface area contributed by atoms with E-state index in [-0.39, 0.29) is 11.7 Å². The predicted molar refractivity (Wildman–Crippen MR) is 76.6 cm³/mol. The lowest BCUT2D eigenvalue weighted by Gasteiger charge is -2.33. The van der Waals surface area contributed by atoms with Crippen molar-refractivity contribution in [2.45, 2.75) is 76.9 Å². The molecule has 0 aromatic carbocycles. The molecular weight excluding hydrogens is 236 g/mol. The number of carbonyl (C=O) groups excluding carboxylic acids is 1. The zero-order valence-electron chi connectivity index (χ0n) is 12.5. The minimum atomic E-state index is -0.183. The topological polar surface area (TPSA) is 32.3 Å². The molecule has 19 heavy (non-hydrogen) atoms. The van der Waals surface area contributed by atoms with Gasteiger partial charge >= 0.3 is 0 Å². The third kappa shape index (κ3) is 2.31. The van der Waals surface area contributed by atoms with Crippen LogP contribution >= 0.6 is 0 Å². The van der Waals surface area contributed by atoms with Gasteiger partial charge in [-0.25, -0.2) is 0 Å². The zero-order chi connectivity index (χ0) is 13.5.